The number of aliphatic hydroxyl groups excluding tert-OH is 1. The summed E-state index contributed by atoms with van der Waals surface area (Å²) in [4.78, 5) is 8.38. The molecule has 0 aliphatic carbocycles. The zero-order valence-corrected chi connectivity index (χ0v) is 12.0. The van der Waals surface area contributed by atoms with E-state index in [1.54, 1.807) is 13.2 Å². The molecule has 0 saturated carbocycles. The Morgan fingerprint density at radius 3 is 2.55 bits per heavy atom. The molecule has 5 nitrogen and oxygen atoms in total. The summed E-state index contributed by atoms with van der Waals surface area (Å²) in [5.74, 6) is 1.13. The lowest BCUT2D eigenvalue weighted by Gasteiger charge is -2.08. The minimum atomic E-state index is 0.170. The summed E-state index contributed by atoms with van der Waals surface area (Å²) in [5.41, 5.74) is 2.24. The lowest BCUT2D eigenvalue weighted by Crippen LogP contribution is -2.05. The Morgan fingerprint density at radius 2 is 1.90 bits per heavy atom. The van der Waals surface area contributed by atoms with E-state index in [2.05, 4.69) is 20.6 Å². The largest absolute Gasteiger partial charge is 0.396 e. The van der Waals surface area contributed by atoms with Crippen LogP contribution < -0.4 is 10.6 Å². The van der Waals surface area contributed by atoms with E-state index >= 15 is 0 Å². The molecule has 0 saturated heterocycles. The summed E-state index contributed by atoms with van der Waals surface area (Å²) in [7, 11) is 1.76. The molecule has 6 heteroatoms. The third kappa shape index (κ3) is 3.82. The standard InChI is InChI=1S/C14H17ClN4O/c1-16-13-12(15)9-18-14(19-13)17-8-11-4-2-10(3-5-11)6-7-20/h2-5,9,20H,6-8H2,1H3,(H2,16,17,18,19). The quantitative estimate of drug-likeness (QED) is 0.762. The van der Waals surface area contributed by atoms with Crippen LogP contribution in [0.5, 0.6) is 0 Å². The summed E-state index contributed by atoms with van der Waals surface area (Å²) in [6.45, 7) is 0.799. The van der Waals surface area contributed by atoms with E-state index in [-0.39, 0.29) is 6.61 Å². The van der Waals surface area contributed by atoms with Crippen LogP contribution in [0.25, 0.3) is 0 Å². The summed E-state index contributed by atoms with van der Waals surface area (Å²) >= 11 is 5.92. The smallest absolute Gasteiger partial charge is 0.224 e. The van der Waals surface area contributed by atoms with Crippen molar-refractivity contribution in [2.75, 3.05) is 24.3 Å². The van der Waals surface area contributed by atoms with E-state index in [4.69, 9.17) is 16.7 Å². The SMILES string of the molecule is CNc1nc(NCc2ccc(CCO)cc2)ncc1Cl. The average molecular weight is 293 g/mol. The molecule has 0 atom stereocenters. The molecule has 1 aromatic carbocycles. The highest BCUT2D eigenvalue weighted by molar-refractivity contribution is 6.32. The first-order chi connectivity index (χ1) is 9.72. The third-order valence-corrected chi connectivity index (χ3v) is 3.13. The maximum atomic E-state index is 8.87. The highest BCUT2D eigenvalue weighted by Gasteiger charge is 2.03. The third-order valence-electron chi connectivity index (χ3n) is 2.85. The van der Waals surface area contributed by atoms with Crippen molar-refractivity contribution in [3.63, 3.8) is 0 Å². The Hall–Kier alpha value is -1.85. The molecule has 0 spiro atoms. The van der Waals surface area contributed by atoms with Crippen molar-refractivity contribution < 1.29 is 5.11 Å². The van der Waals surface area contributed by atoms with Crippen LogP contribution in [0.3, 0.4) is 0 Å². The van der Waals surface area contributed by atoms with Gasteiger partial charge in [-0.05, 0) is 17.5 Å². The zero-order valence-electron chi connectivity index (χ0n) is 11.2. The van der Waals surface area contributed by atoms with Crippen LogP contribution in [0.15, 0.2) is 30.5 Å². The van der Waals surface area contributed by atoms with Gasteiger partial charge in [0.1, 0.15) is 10.8 Å². The number of halogens is 1. The second kappa shape index (κ2) is 7.07. The normalized spacial score (nSPS) is 10.3. The van der Waals surface area contributed by atoms with Gasteiger partial charge < -0.3 is 15.7 Å². The number of nitrogens with zero attached hydrogens (tertiary/aromatic N) is 2. The van der Waals surface area contributed by atoms with Gasteiger partial charge in [-0.15, -0.1) is 0 Å². The number of benzene rings is 1. The highest BCUT2D eigenvalue weighted by atomic mass is 35.5. The van der Waals surface area contributed by atoms with Gasteiger partial charge >= 0.3 is 0 Å². The average Bonchev–Trinajstić information content (AvgIpc) is 2.48. The first-order valence-electron chi connectivity index (χ1n) is 6.35. The van der Waals surface area contributed by atoms with Gasteiger partial charge in [0.15, 0.2) is 0 Å². The molecule has 0 unspecified atom stereocenters. The zero-order chi connectivity index (χ0) is 14.4. The Balaban J connectivity index is 1.97. The number of anilines is 2. The van der Waals surface area contributed by atoms with Crippen LogP contribution in [-0.4, -0.2) is 28.7 Å². The van der Waals surface area contributed by atoms with Crippen molar-refractivity contribution in [2.45, 2.75) is 13.0 Å². The Bertz CT molecular complexity index is 560. The maximum absolute atomic E-state index is 8.87. The summed E-state index contributed by atoms with van der Waals surface area (Å²) < 4.78 is 0. The fraction of sp³-hybridized carbons (Fsp3) is 0.286. The molecule has 20 heavy (non-hydrogen) atoms. The van der Waals surface area contributed by atoms with Crippen molar-refractivity contribution in [2.24, 2.45) is 0 Å². The number of nitrogens with one attached hydrogen (secondary N) is 2. The van der Waals surface area contributed by atoms with Gasteiger partial charge in [-0.3, -0.25) is 0 Å². The second-order valence-electron chi connectivity index (χ2n) is 4.28. The molecule has 0 radical (unpaired) electrons. The Morgan fingerprint density at radius 1 is 1.20 bits per heavy atom. The van der Waals surface area contributed by atoms with Crippen molar-refractivity contribution >= 4 is 23.4 Å². The first-order valence-corrected chi connectivity index (χ1v) is 6.73. The molecule has 0 aliphatic rings. The minimum Gasteiger partial charge on any atom is -0.396 e. The van der Waals surface area contributed by atoms with Gasteiger partial charge in [0.25, 0.3) is 0 Å². The van der Waals surface area contributed by atoms with Crippen LogP contribution >= 0.6 is 11.6 Å². The topological polar surface area (TPSA) is 70.1 Å². The number of aromatic nitrogens is 2. The number of rotatable bonds is 6. The van der Waals surface area contributed by atoms with E-state index in [0.717, 1.165) is 11.1 Å². The minimum absolute atomic E-state index is 0.170. The molecule has 0 fully saturated rings. The van der Waals surface area contributed by atoms with Gasteiger partial charge in [-0.25, -0.2) is 4.98 Å². The summed E-state index contributed by atoms with van der Waals surface area (Å²) in [6, 6.07) is 8.06. The van der Waals surface area contributed by atoms with Gasteiger partial charge in [-0.2, -0.15) is 4.98 Å². The van der Waals surface area contributed by atoms with Crippen LogP contribution in [0.2, 0.25) is 5.02 Å². The van der Waals surface area contributed by atoms with E-state index < -0.39 is 0 Å². The van der Waals surface area contributed by atoms with Crippen molar-refractivity contribution in [3.8, 4) is 0 Å². The van der Waals surface area contributed by atoms with E-state index in [1.807, 2.05) is 24.3 Å². The van der Waals surface area contributed by atoms with Gasteiger partial charge in [0, 0.05) is 20.2 Å². The molecule has 2 aromatic rings. The molecular formula is C14H17ClN4O. The van der Waals surface area contributed by atoms with E-state index in [1.165, 1.54) is 0 Å². The number of hydrogen-bond acceptors (Lipinski definition) is 5. The molecule has 2 rings (SSSR count). The Kier molecular flexibility index (Phi) is 5.15. The lowest BCUT2D eigenvalue weighted by atomic mass is 10.1. The van der Waals surface area contributed by atoms with Crippen LogP contribution in [0, 0.1) is 0 Å². The van der Waals surface area contributed by atoms with Crippen LogP contribution in [-0.2, 0) is 13.0 Å². The molecule has 3 N–H and O–H groups in total. The monoisotopic (exact) mass is 292 g/mol. The van der Waals surface area contributed by atoms with Crippen LogP contribution in [0.1, 0.15) is 11.1 Å². The fourth-order valence-electron chi connectivity index (χ4n) is 1.76. The molecule has 1 aromatic heterocycles. The Labute approximate surface area is 123 Å². The summed E-state index contributed by atoms with van der Waals surface area (Å²) in [6.07, 6.45) is 2.24. The fourth-order valence-corrected chi connectivity index (χ4v) is 1.95. The lowest BCUT2D eigenvalue weighted by molar-refractivity contribution is 0.299. The maximum Gasteiger partial charge on any atom is 0.224 e. The molecule has 1 heterocycles. The summed E-state index contributed by atoms with van der Waals surface area (Å²) in [5, 5.41) is 15.4. The molecule has 0 aliphatic heterocycles. The van der Waals surface area contributed by atoms with Crippen molar-refractivity contribution in [1.29, 1.82) is 0 Å². The second-order valence-corrected chi connectivity index (χ2v) is 4.69. The van der Waals surface area contributed by atoms with Crippen LogP contribution in [0.4, 0.5) is 11.8 Å². The molecule has 0 amide bonds. The van der Waals surface area contributed by atoms with Gasteiger partial charge in [0.2, 0.25) is 5.95 Å². The highest BCUT2D eigenvalue weighted by Crippen LogP contribution is 2.18. The molecular weight excluding hydrogens is 276 g/mol. The van der Waals surface area contributed by atoms with Crippen molar-refractivity contribution in [1.82, 2.24) is 9.97 Å². The van der Waals surface area contributed by atoms with Gasteiger partial charge in [0.05, 0.1) is 6.20 Å². The number of aliphatic hydroxyl groups is 1. The molecule has 106 valence electrons. The first kappa shape index (κ1) is 14.6. The predicted molar refractivity (Wildman–Crippen MR) is 81.1 cm³/mol. The number of hydrogen-bond donors (Lipinski definition) is 3. The van der Waals surface area contributed by atoms with E-state index in [9.17, 15) is 0 Å². The van der Waals surface area contributed by atoms with E-state index in [0.29, 0.717) is 29.8 Å². The molecule has 0 bridgehead atoms. The van der Waals surface area contributed by atoms with Crippen molar-refractivity contribution in [3.05, 3.63) is 46.6 Å². The van der Waals surface area contributed by atoms with Gasteiger partial charge in [-0.1, -0.05) is 35.9 Å². The predicted octanol–water partition coefficient (Wildman–Crippen LogP) is 2.32.